The summed E-state index contributed by atoms with van der Waals surface area (Å²) in [6.45, 7) is 1.57. The Bertz CT molecular complexity index is 800. The molecule has 0 saturated heterocycles. The fourth-order valence-corrected chi connectivity index (χ4v) is 4.02. The fraction of sp³-hybridized carbons (Fsp3) is 0.111. The van der Waals surface area contributed by atoms with Gasteiger partial charge in [0.1, 0.15) is 0 Å². The highest BCUT2D eigenvalue weighted by molar-refractivity contribution is 8.22. The first-order valence-corrected chi connectivity index (χ1v) is 8.10. The van der Waals surface area contributed by atoms with E-state index >= 15 is 0 Å². The van der Waals surface area contributed by atoms with Gasteiger partial charge in [0.15, 0.2) is 5.70 Å². The van der Waals surface area contributed by atoms with Crippen molar-refractivity contribution in [2.45, 2.75) is 6.92 Å². The van der Waals surface area contributed by atoms with E-state index in [1.807, 2.05) is 67.7 Å². The number of thioether (sulfide) groups is 1. The number of carbonyl (C=O) groups is 1. The van der Waals surface area contributed by atoms with Crippen LogP contribution in [0.15, 0.2) is 65.8 Å². The Hall–Kier alpha value is -2.37. The van der Waals surface area contributed by atoms with Crippen LogP contribution in [0.25, 0.3) is 10.6 Å². The van der Waals surface area contributed by atoms with Crippen LogP contribution in [0.1, 0.15) is 18.1 Å². The summed E-state index contributed by atoms with van der Waals surface area (Å²) in [5.41, 5.74) is 2.97. The molecule has 1 amide bonds. The van der Waals surface area contributed by atoms with Gasteiger partial charge in [-0.3, -0.25) is 0 Å². The maximum absolute atomic E-state index is 12.5. The normalized spacial score (nSPS) is 22.6. The van der Waals surface area contributed by atoms with Crippen molar-refractivity contribution in [3.05, 3.63) is 71.8 Å². The molecule has 0 spiro atoms. The summed E-state index contributed by atoms with van der Waals surface area (Å²) >= 11 is 1.46. The number of amidine groups is 1. The predicted molar refractivity (Wildman–Crippen MR) is 95.8 cm³/mol. The minimum Gasteiger partial charge on any atom is -0.317 e. The summed E-state index contributed by atoms with van der Waals surface area (Å²) in [5.74, 6) is 5.58. The van der Waals surface area contributed by atoms with Gasteiger partial charge in [0, 0.05) is 5.56 Å². The van der Waals surface area contributed by atoms with Crippen molar-refractivity contribution in [1.82, 2.24) is 0 Å². The lowest BCUT2D eigenvalue weighted by Crippen LogP contribution is -2.47. The molecule has 23 heavy (non-hydrogen) atoms. The van der Waals surface area contributed by atoms with Crippen molar-refractivity contribution in [3.8, 4) is 0 Å². The van der Waals surface area contributed by atoms with Gasteiger partial charge < -0.3 is 5.84 Å². The van der Waals surface area contributed by atoms with Crippen molar-refractivity contribution in [3.63, 3.8) is 0 Å². The second-order valence-electron chi connectivity index (χ2n) is 5.45. The SMILES string of the molecule is CC(=O)[N+]1(C)C(=NN)SC(c2ccccc2)=C1c1ccccc1. The molecule has 1 unspecified atom stereocenters. The Balaban J connectivity index is 2.32. The van der Waals surface area contributed by atoms with Gasteiger partial charge in [-0.05, 0) is 29.5 Å². The average molecular weight is 324 g/mol. The van der Waals surface area contributed by atoms with E-state index in [0.717, 1.165) is 21.7 Å². The monoisotopic (exact) mass is 324 g/mol. The van der Waals surface area contributed by atoms with Crippen LogP contribution < -0.4 is 5.84 Å². The molecular weight excluding hydrogens is 306 g/mol. The molecule has 4 nitrogen and oxygen atoms in total. The van der Waals surface area contributed by atoms with Gasteiger partial charge in [0.25, 0.3) is 5.17 Å². The summed E-state index contributed by atoms with van der Waals surface area (Å²) in [6.07, 6.45) is 0. The molecule has 3 rings (SSSR count). The van der Waals surface area contributed by atoms with Crippen molar-refractivity contribution in [2.75, 3.05) is 7.05 Å². The first kappa shape index (κ1) is 15.5. The molecule has 2 aromatic carbocycles. The molecule has 0 aliphatic carbocycles. The minimum absolute atomic E-state index is 0.0184. The number of hydrogen-bond donors (Lipinski definition) is 1. The van der Waals surface area contributed by atoms with Gasteiger partial charge in [-0.15, -0.1) is 5.10 Å². The topological polar surface area (TPSA) is 55.5 Å². The lowest BCUT2D eigenvalue weighted by atomic mass is 10.1. The van der Waals surface area contributed by atoms with Gasteiger partial charge in [0.05, 0.1) is 18.9 Å². The number of benzene rings is 2. The number of quaternary nitrogens is 1. The molecule has 0 saturated carbocycles. The molecule has 2 N–H and O–H groups in total. The smallest absolute Gasteiger partial charge is 0.317 e. The minimum atomic E-state index is -0.0218. The third-order valence-electron chi connectivity index (χ3n) is 4.06. The first-order valence-electron chi connectivity index (χ1n) is 7.28. The van der Waals surface area contributed by atoms with Crippen molar-refractivity contribution < 1.29 is 9.28 Å². The number of carbonyl (C=O) groups excluding carboxylic acids is 1. The number of hydrogen-bond acceptors (Lipinski definition) is 4. The van der Waals surface area contributed by atoms with E-state index in [1.54, 1.807) is 6.92 Å². The Morgan fingerprint density at radius 3 is 2.00 bits per heavy atom. The standard InChI is InChI=1S/C18H18N3OS/c1-13(22)21(2)16(14-9-5-3-6-10-14)17(23-18(21)20-19)15-11-7-4-8-12-15/h3-12H,19H2,1-2H3/q+1. The molecule has 1 aliphatic heterocycles. The number of nitrogens with two attached hydrogens (primary N) is 1. The molecule has 0 bridgehead atoms. The summed E-state index contributed by atoms with van der Waals surface area (Å²) in [4.78, 5) is 13.5. The Labute approximate surface area is 139 Å². The fourth-order valence-electron chi connectivity index (χ4n) is 2.73. The van der Waals surface area contributed by atoms with Gasteiger partial charge in [-0.25, -0.2) is 4.79 Å². The molecule has 1 atom stereocenters. The van der Waals surface area contributed by atoms with Crippen LogP contribution in [0.5, 0.6) is 0 Å². The highest BCUT2D eigenvalue weighted by atomic mass is 32.2. The second-order valence-corrected chi connectivity index (χ2v) is 6.43. The molecule has 5 heteroatoms. The molecule has 2 aromatic rings. The predicted octanol–water partition coefficient (Wildman–Crippen LogP) is 3.48. The Morgan fingerprint density at radius 1 is 1.00 bits per heavy atom. The van der Waals surface area contributed by atoms with Crippen molar-refractivity contribution >= 4 is 33.4 Å². The third kappa shape index (κ3) is 2.48. The Kier molecular flexibility index (Phi) is 4.07. The summed E-state index contributed by atoms with van der Waals surface area (Å²) in [6, 6.07) is 19.9. The number of hydrazone groups is 1. The molecule has 1 aliphatic rings. The second kappa shape index (κ2) is 6.02. The number of nitrogens with zero attached hydrogens (tertiary/aromatic N) is 2. The van der Waals surface area contributed by atoms with Crippen molar-refractivity contribution in [1.29, 1.82) is 0 Å². The number of rotatable bonds is 2. The lowest BCUT2D eigenvalue weighted by molar-refractivity contribution is -0.654. The molecule has 1 heterocycles. The molecular formula is C18H18N3OS+. The van der Waals surface area contributed by atoms with E-state index in [4.69, 9.17) is 5.84 Å². The maximum Gasteiger partial charge on any atom is 0.322 e. The van der Waals surface area contributed by atoms with Gasteiger partial charge >= 0.3 is 5.91 Å². The van der Waals surface area contributed by atoms with E-state index in [2.05, 4.69) is 5.10 Å². The molecule has 116 valence electrons. The largest absolute Gasteiger partial charge is 0.322 e. The van der Waals surface area contributed by atoms with E-state index in [1.165, 1.54) is 11.8 Å². The third-order valence-corrected chi connectivity index (χ3v) is 5.35. The lowest BCUT2D eigenvalue weighted by Gasteiger charge is -2.26. The molecule has 0 fully saturated rings. The zero-order valence-corrected chi connectivity index (χ0v) is 13.9. The van der Waals surface area contributed by atoms with E-state index in [-0.39, 0.29) is 10.4 Å². The van der Waals surface area contributed by atoms with Gasteiger partial charge in [-0.2, -0.15) is 4.48 Å². The van der Waals surface area contributed by atoms with Crippen LogP contribution in [0.2, 0.25) is 0 Å². The maximum atomic E-state index is 12.5. The average Bonchev–Trinajstić information content (AvgIpc) is 2.90. The summed E-state index contributed by atoms with van der Waals surface area (Å²) in [5, 5.41) is 4.48. The first-order chi connectivity index (χ1) is 11.1. The number of amides is 1. The van der Waals surface area contributed by atoms with Crippen LogP contribution >= 0.6 is 11.8 Å². The highest BCUT2D eigenvalue weighted by Crippen LogP contribution is 2.49. The highest BCUT2D eigenvalue weighted by Gasteiger charge is 2.49. The van der Waals surface area contributed by atoms with Crippen molar-refractivity contribution in [2.24, 2.45) is 10.9 Å². The van der Waals surface area contributed by atoms with E-state index in [9.17, 15) is 4.79 Å². The Morgan fingerprint density at radius 2 is 1.52 bits per heavy atom. The van der Waals surface area contributed by atoms with Gasteiger partial charge in [-0.1, -0.05) is 48.5 Å². The molecule has 0 aromatic heterocycles. The molecule has 0 radical (unpaired) electrons. The van der Waals surface area contributed by atoms with Gasteiger partial charge in [0.2, 0.25) is 0 Å². The van der Waals surface area contributed by atoms with Crippen LogP contribution in [-0.4, -0.2) is 22.6 Å². The summed E-state index contributed by atoms with van der Waals surface area (Å²) in [7, 11) is 1.85. The van der Waals surface area contributed by atoms with Crippen LogP contribution in [-0.2, 0) is 4.79 Å². The zero-order valence-electron chi connectivity index (χ0n) is 13.1. The zero-order chi connectivity index (χ0) is 16.4. The van der Waals surface area contributed by atoms with Crippen LogP contribution in [0.3, 0.4) is 0 Å². The van der Waals surface area contributed by atoms with E-state index in [0.29, 0.717) is 5.17 Å². The van der Waals surface area contributed by atoms with E-state index < -0.39 is 0 Å². The quantitative estimate of drug-likeness (QED) is 0.523. The van der Waals surface area contributed by atoms with Crippen LogP contribution in [0.4, 0.5) is 0 Å². The summed E-state index contributed by atoms with van der Waals surface area (Å²) < 4.78 is -0.0184. The van der Waals surface area contributed by atoms with Crippen LogP contribution in [0, 0.1) is 0 Å².